The van der Waals surface area contributed by atoms with Gasteiger partial charge in [0.15, 0.2) is 11.5 Å². The highest BCUT2D eigenvalue weighted by atomic mass is 31.2. The Morgan fingerprint density at radius 1 is 0.570 bits per heavy atom. The van der Waals surface area contributed by atoms with Crippen LogP contribution < -0.4 is 49.1 Å². The maximum absolute atomic E-state index is 14.8. The number of unbranched alkanes of at least 4 members (excludes halogenated alkanes) is 2. The number of nitrogen functional groups attached to an aromatic ring is 1. The molecule has 1 aromatic carbocycles. The van der Waals surface area contributed by atoms with Crippen molar-refractivity contribution >= 4 is 48.0 Å². The lowest BCUT2D eigenvalue weighted by Crippen LogP contribution is -2.42. The van der Waals surface area contributed by atoms with E-state index in [9.17, 15) is 18.9 Å². The second kappa shape index (κ2) is 50.5. The van der Waals surface area contributed by atoms with Crippen LogP contribution in [0.25, 0.3) is 11.2 Å². The standard InChI is InChI=1S/C74H139N12O6P/c1-12-13-50-81-73-84-70(76)69-71(85-73)86(74(89)83-69)56-65-37-39-66(40-38-65)82-72(88)67(41-42-68(87)80-51-23-49-78-47-15-14-46-77-48-22-45-75)79-52-24-55-93(90,91-53-43-63(10)35-20-33-61(8)31-18-29-59(6)27-16-25-57(2)3)92-54-44-64(11)36-21-34-62(9)32-19-30-60(7)28-17-26-58(4)5/h37-40,57-64,67,77-79H,12-36,41-56,75H2,1-11H3,(H,80,87)(H,82,88)(H,83,89)(H3,76,81,84,85)/t59?,60?,61?,62?,63?,64?,67-,93?/m0/s1. The van der Waals surface area contributed by atoms with E-state index in [1.54, 1.807) is 12.1 Å². The van der Waals surface area contributed by atoms with Crippen LogP contribution in [0.2, 0.25) is 0 Å². The molecular formula is C74H139N12O6P. The fourth-order valence-electron chi connectivity index (χ4n) is 12.2. The zero-order valence-corrected chi connectivity index (χ0v) is 61.8. The molecule has 0 spiro atoms. The number of nitrogens with one attached hydrogen (secondary N) is 7. The zero-order chi connectivity index (χ0) is 68.1. The van der Waals surface area contributed by atoms with Crippen molar-refractivity contribution in [3.05, 3.63) is 40.3 Å². The van der Waals surface area contributed by atoms with Crippen molar-refractivity contribution in [2.45, 2.75) is 275 Å². The molecule has 3 rings (SSSR count). The monoisotopic (exact) mass is 1320 g/mol. The molecule has 2 amide bonds. The Hall–Kier alpha value is -3.90. The fourth-order valence-corrected chi connectivity index (χ4v) is 13.9. The number of nitrogens with two attached hydrogens (primary N) is 2. The van der Waals surface area contributed by atoms with E-state index in [0.29, 0.717) is 80.4 Å². The molecule has 93 heavy (non-hydrogen) atoms. The molecule has 0 saturated carbocycles. The molecular weight excluding hydrogens is 1180 g/mol. The van der Waals surface area contributed by atoms with E-state index in [1.165, 1.54) is 107 Å². The summed E-state index contributed by atoms with van der Waals surface area (Å²) in [5, 5.41) is 19.6. The summed E-state index contributed by atoms with van der Waals surface area (Å²) < 4.78 is 29.0. The highest BCUT2D eigenvalue weighted by Crippen LogP contribution is 2.49. The molecule has 0 aliphatic heterocycles. The van der Waals surface area contributed by atoms with Crippen molar-refractivity contribution in [2.24, 2.45) is 53.1 Å². The Balaban J connectivity index is 1.65. The van der Waals surface area contributed by atoms with E-state index < -0.39 is 13.6 Å². The van der Waals surface area contributed by atoms with Crippen LogP contribution in [0.15, 0.2) is 29.1 Å². The molecule has 6 unspecified atom stereocenters. The second-order valence-corrected chi connectivity index (χ2v) is 31.3. The van der Waals surface area contributed by atoms with Crippen molar-refractivity contribution in [1.82, 2.24) is 40.8 Å². The van der Waals surface area contributed by atoms with Gasteiger partial charge in [-0.25, -0.2) is 4.79 Å². The maximum atomic E-state index is 14.8. The normalized spacial score (nSPS) is 14.9. The average molecular weight is 1320 g/mol. The van der Waals surface area contributed by atoms with Gasteiger partial charge < -0.3 is 57.4 Å². The SMILES string of the molecule is CCCCNc1nc(N)c2[nH]c(=O)n(Cc3ccc(NC(=O)[C@H](CCC(=O)NCCCNCCCCNCCCN)NCCCP(=O)(OCCC(C)CCCC(C)CCCC(C)CCCC(C)C)OCCC(C)CCCC(C)CCCC(C)CCCC(C)C)cc3)c2n1. The van der Waals surface area contributed by atoms with Gasteiger partial charge in [0.25, 0.3) is 0 Å². The Kier molecular flexibility index (Phi) is 45.2. The average Bonchev–Trinajstić information content (AvgIpc) is 1.66. The van der Waals surface area contributed by atoms with Crippen molar-refractivity contribution < 1.29 is 23.2 Å². The number of hydrogen-bond acceptors (Lipinski definition) is 14. The molecule has 536 valence electrons. The number of carbonyl (C=O) groups is 2. The Bertz CT molecular complexity index is 2440. The lowest BCUT2D eigenvalue weighted by molar-refractivity contribution is -0.121. The summed E-state index contributed by atoms with van der Waals surface area (Å²) in [4.78, 5) is 52.5. The minimum atomic E-state index is -3.49. The predicted octanol–water partition coefficient (Wildman–Crippen LogP) is 16.0. The Morgan fingerprint density at radius 3 is 1.55 bits per heavy atom. The molecule has 19 heteroatoms. The molecule has 0 aliphatic rings. The maximum Gasteiger partial charge on any atom is 0.330 e. The molecule has 0 aliphatic carbocycles. The summed E-state index contributed by atoms with van der Waals surface area (Å²) in [6, 6.07) is 6.60. The van der Waals surface area contributed by atoms with Gasteiger partial charge in [-0.2, -0.15) is 9.97 Å². The summed E-state index contributed by atoms with van der Waals surface area (Å²) in [5.74, 6) is 5.69. The van der Waals surface area contributed by atoms with Crippen LogP contribution >= 0.6 is 7.60 Å². The molecule has 0 fully saturated rings. The molecule has 0 radical (unpaired) electrons. The molecule has 11 N–H and O–H groups in total. The van der Waals surface area contributed by atoms with Gasteiger partial charge in [-0.05, 0) is 162 Å². The molecule has 0 bridgehead atoms. The van der Waals surface area contributed by atoms with Gasteiger partial charge >= 0.3 is 13.3 Å². The quantitative estimate of drug-likeness (QED) is 0.0188. The predicted molar refractivity (Wildman–Crippen MR) is 393 cm³/mol. The fraction of sp³-hybridized carbons (Fsp3) is 0.824. The third-order valence-corrected chi connectivity index (χ3v) is 20.7. The second-order valence-electron chi connectivity index (χ2n) is 29.1. The number of H-pyrrole nitrogens is 1. The van der Waals surface area contributed by atoms with Gasteiger partial charge in [-0.3, -0.25) is 18.7 Å². The summed E-state index contributed by atoms with van der Waals surface area (Å²) in [6.07, 6.45) is 31.6. The van der Waals surface area contributed by atoms with Gasteiger partial charge in [-0.1, -0.05) is 210 Å². The van der Waals surface area contributed by atoms with E-state index in [2.05, 4.69) is 123 Å². The van der Waals surface area contributed by atoms with Crippen molar-refractivity contribution in [3.63, 3.8) is 0 Å². The van der Waals surface area contributed by atoms with Gasteiger partial charge in [0.1, 0.15) is 5.52 Å². The highest BCUT2D eigenvalue weighted by Gasteiger charge is 2.27. The number of nitrogens with zero attached hydrogens (tertiary/aromatic N) is 3. The van der Waals surface area contributed by atoms with Crippen LogP contribution in [-0.4, -0.2) is 109 Å². The number of benzene rings is 1. The lowest BCUT2D eigenvalue weighted by Gasteiger charge is -2.22. The minimum absolute atomic E-state index is 0.120. The number of anilines is 3. The number of amides is 2. The van der Waals surface area contributed by atoms with E-state index in [1.807, 2.05) is 12.1 Å². The first-order valence-corrected chi connectivity index (χ1v) is 39.3. The molecule has 2 aromatic heterocycles. The first kappa shape index (κ1) is 83.3. The molecule has 7 atom stereocenters. The highest BCUT2D eigenvalue weighted by molar-refractivity contribution is 7.53. The number of aromatic nitrogens is 4. The molecule has 2 heterocycles. The Morgan fingerprint density at radius 2 is 1.05 bits per heavy atom. The summed E-state index contributed by atoms with van der Waals surface area (Å²) >= 11 is 0. The van der Waals surface area contributed by atoms with Gasteiger partial charge in [-0.15, -0.1) is 0 Å². The lowest BCUT2D eigenvalue weighted by atomic mass is 9.91. The molecule has 3 aromatic rings. The molecule has 18 nitrogen and oxygen atoms in total. The molecule has 0 saturated heterocycles. The number of fused-ring (bicyclic) bond motifs is 1. The number of rotatable bonds is 60. The van der Waals surface area contributed by atoms with Crippen LogP contribution in [0.5, 0.6) is 0 Å². The van der Waals surface area contributed by atoms with Gasteiger partial charge in [0.2, 0.25) is 17.8 Å². The minimum Gasteiger partial charge on any atom is -0.382 e. The van der Waals surface area contributed by atoms with E-state index in [-0.39, 0.29) is 48.9 Å². The zero-order valence-electron chi connectivity index (χ0n) is 60.9. The topological polar surface area (TPSA) is 257 Å². The van der Waals surface area contributed by atoms with E-state index in [4.69, 9.17) is 20.5 Å². The third kappa shape index (κ3) is 39.8. The summed E-state index contributed by atoms with van der Waals surface area (Å²) in [7, 11) is -3.49. The Labute approximate surface area is 565 Å². The summed E-state index contributed by atoms with van der Waals surface area (Å²) in [5.41, 5.74) is 13.6. The van der Waals surface area contributed by atoms with Gasteiger partial charge in [0, 0.05) is 25.2 Å². The van der Waals surface area contributed by atoms with Crippen molar-refractivity contribution in [3.8, 4) is 0 Å². The number of hydrogen-bond donors (Lipinski definition) is 9. The van der Waals surface area contributed by atoms with E-state index in [0.717, 1.165) is 131 Å². The largest absolute Gasteiger partial charge is 0.382 e. The smallest absolute Gasteiger partial charge is 0.330 e. The first-order chi connectivity index (χ1) is 44.7. The van der Waals surface area contributed by atoms with Crippen LogP contribution in [-0.2, 0) is 29.7 Å². The first-order valence-electron chi connectivity index (χ1n) is 37.6. The van der Waals surface area contributed by atoms with Gasteiger partial charge in [0.05, 0.1) is 32.0 Å². The van der Waals surface area contributed by atoms with Crippen LogP contribution in [0.3, 0.4) is 0 Å². The van der Waals surface area contributed by atoms with Crippen molar-refractivity contribution in [1.29, 1.82) is 0 Å². The van der Waals surface area contributed by atoms with E-state index >= 15 is 0 Å². The summed E-state index contributed by atoms with van der Waals surface area (Å²) in [6.45, 7) is 32.6. The number of aromatic amines is 1. The number of imidazole rings is 1. The van der Waals surface area contributed by atoms with Crippen LogP contribution in [0, 0.1) is 47.3 Å². The van der Waals surface area contributed by atoms with Crippen LogP contribution in [0.1, 0.15) is 268 Å². The number of carbonyl (C=O) groups excluding carboxylic acids is 2. The van der Waals surface area contributed by atoms with Crippen molar-refractivity contribution in [2.75, 3.05) is 88.1 Å². The van der Waals surface area contributed by atoms with Crippen LogP contribution in [0.4, 0.5) is 17.5 Å². The third-order valence-electron chi connectivity index (χ3n) is 18.7.